The number of hydrogen-bond donors (Lipinski definition) is 1. The van der Waals surface area contributed by atoms with Crippen molar-refractivity contribution in [3.63, 3.8) is 0 Å². The van der Waals surface area contributed by atoms with E-state index in [4.69, 9.17) is 9.90 Å². The summed E-state index contributed by atoms with van der Waals surface area (Å²) in [6.07, 6.45) is 8.18. The molecule has 0 aliphatic carbocycles. The van der Waals surface area contributed by atoms with Gasteiger partial charge < -0.3 is 9.67 Å². The van der Waals surface area contributed by atoms with Gasteiger partial charge in [-0.25, -0.2) is 4.98 Å². The zero-order chi connectivity index (χ0) is 18.4. The molecule has 0 bridgehead atoms. The number of imidazole rings is 1. The van der Waals surface area contributed by atoms with Gasteiger partial charge >= 0.3 is 0 Å². The Kier molecular flexibility index (Phi) is 5.96. The predicted octanol–water partition coefficient (Wildman–Crippen LogP) is 2.73. The second-order valence-corrected chi connectivity index (χ2v) is 6.64. The fourth-order valence-corrected chi connectivity index (χ4v) is 3.63. The highest BCUT2D eigenvalue weighted by Gasteiger charge is 2.24. The topological polar surface area (TPSA) is 71.2 Å². The fourth-order valence-electron chi connectivity index (χ4n) is 3.63. The van der Waals surface area contributed by atoms with Gasteiger partial charge in [0.1, 0.15) is 5.82 Å². The molecule has 0 saturated carbocycles. The number of aromatic nitrogens is 3. The first-order valence-electron chi connectivity index (χ1n) is 8.80. The lowest BCUT2D eigenvalue weighted by atomic mass is 9.96. The van der Waals surface area contributed by atoms with Gasteiger partial charge in [0.25, 0.3) is 6.47 Å². The molecule has 0 amide bonds. The number of fused-ring (bicyclic) bond motifs is 1. The van der Waals surface area contributed by atoms with Crippen molar-refractivity contribution in [1.29, 1.82) is 0 Å². The molecule has 1 unspecified atom stereocenters. The van der Waals surface area contributed by atoms with Crippen LogP contribution in [0, 0.1) is 5.92 Å². The van der Waals surface area contributed by atoms with Crippen LogP contribution in [0.15, 0.2) is 48.9 Å². The Hall–Kier alpha value is -2.73. The van der Waals surface area contributed by atoms with Crippen LogP contribution in [0.2, 0.25) is 0 Å². The Bertz CT molecular complexity index is 856. The third-order valence-electron chi connectivity index (χ3n) is 4.90. The first-order valence-corrected chi connectivity index (χ1v) is 8.80. The quantitative estimate of drug-likeness (QED) is 0.731. The monoisotopic (exact) mass is 352 g/mol. The Morgan fingerprint density at radius 2 is 2.08 bits per heavy atom. The molecular weight excluding hydrogens is 328 g/mol. The number of carboxylic acid groups (broad SMARTS) is 1. The van der Waals surface area contributed by atoms with Gasteiger partial charge in [0.05, 0.1) is 12.1 Å². The molecule has 6 heteroatoms. The van der Waals surface area contributed by atoms with E-state index in [2.05, 4.69) is 50.7 Å². The first-order chi connectivity index (χ1) is 12.7. The fraction of sp³-hybridized carbons (Fsp3) is 0.350. The maximum atomic E-state index is 8.36. The number of likely N-dealkylation sites (tertiary alicyclic amines) is 1. The predicted molar refractivity (Wildman–Crippen MR) is 101 cm³/mol. The van der Waals surface area contributed by atoms with Crippen LogP contribution < -0.4 is 0 Å². The number of benzene rings is 1. The van der Waals surface area contributed by atoms with E-state index in [0.717, 1.165) is 36.8 Å². The maximum Gasteiger partial charge on any atom is 0.290 e. The lowest BCUT2D eigenvalue weighted by Gasteiger charge is -2.16. The van der Waals surface area contributed by atoms with Gasteiger partial charge in [-0.1, -0.05) is 18.2 Å². The summed E-state index contributed by atoms with van der Waals surface area (Å²) in [6.45, 7) is 3.03. The van der Waals surface area contributed by atoms with Crippen molar-refractivity contribution in [2.45, 2.75) is 19.4 Å². The second-order valence-electron chi connectivity index (χ2n) is 6.64. The third-order valence-corrected chi connectivity index (χ3v) is 4.90. The summed E-state index contributed by atoms with van der Waals surface area (Å²) in [7, 11) is 2.07. The normalized spacial score (nSPS) is 17.0. The molecule has 1 fully saturated rings. The molecule has 0 radical (unpaired) electrons. The number of rotatable bonds is 4. The Labute approximate surface area is 153 Å². The van der Waals surface area contributed by atoms with E-state index in [1.54, 1.807) is 0 Å². The summed E-state index contributed by atoms with van der Waals surface area (Å²) < 4.78 is 2.11. The van der Waals surface area contributed by atoms with E-state index in [1.165, 1.54) is 23.9 Å². The van der Waals surface area contributed by atoms with Gasteiger partial charge in [-0.3, -0.25) is 14.7 Å². The SMILES string of the molecule is Cn1ccnc1CN1CCC(Cc2cccc3ncccc23)C1.O=CO. The first kappa shape index (κ1) is 18.1. The lowest BCUT2D eigenvalue weighted by Crippen LogP contribution is -2.22. The van der Waals surface area contributed by atoms with Crippen molar-refractivity contribution in [3.8, 4) is 0 Å². The smallest absolute Gasteiger partial charge is 0.290 e. The van der Waals surface area contributed by atoms with Crippen molar-refractivity contribution in [2.24, 2.45) is 13.0 Å². The Morgan fingerprint density at radius 3 is 2.85 bits per heavy atom. The number of hydrogen-bond acceptors (Lipinski definition) is 4. The molecule has 2 aromatic heterocycles. The summed E-state index contributed by atoms with van der Waals surface area (Å²) in [5, 5.41) is 8.19. The van der Waals surface area contributed by atoms with Crippen LogP contribution in [0.25, 0.3) is 10.9 Å². The summed E-state index contributed by atoms with van der Waals surface area (Å²) in [6, 6.07) is 10.7. The van der Waals surface area contributed by atoms with Crippen molar-refractivity contribution < 1.29 is 9.90 Å². The number of pyridine rings is 1. The van der Waals surface area contributed by atoms with Gasteiger partial charge in [0.15, 0.2) is 0 Å². The second kappa shape index (κ2) is 8.58. The van der Waals surface area contributed by atoms with Crippen LogP contribution in [0.5, 0.6) is 0 Å². The molecule has 3 heterocycles. The van der Waals surface area contributed by atoms with E-state index >= 15 is 0 Å². The number of carbonyl (C=O) groups is 1. The zero-order valence-electron chi connectivity index (χ0n) is 15.0. The maximum absolute atomic E-state index is 8.36. The van der Waals surface area contributed by atoms with Gasteiger partial charge in [-0.15, -0.1) is 0 Å². The highest BCUT2D eigenvalue weighted by Crippen LogP contribution is 2.25. The minimum absolute atomic E-state index is 0.250. The zero-order valence-corrected chi connectivity index (χ0v) is 15.0. The van der Waals surface area contributed by atoms with Crippen molar-refractivity contribution in [2.75, 3.05) is 13.1 Å². The van der Waals surface area contributed by atoms with Gasteiger partial charge in [0.2, 0.25) is 0 Å². The molecule has 4 rings (SSSR count). The van der Waals surface area contributed by atoms with Crippen LogP contribution in [0.1, 0.15) is 17.8 Å². The van der Waals surface area contributed by atoms with Crippen LogP contribution >= 0.6 is 0 Å². The molecule has 1 atom stereocenters. The van der Waals surface area contributed by atoms with Crippen LogP contribution in [0.3, 0.4) is 0 Å². The largest absolute Gasteiger partial charge is 0.483 e. The standard InChI is InChI=1S/C19H22N4.CH2O2/c1-22-11-9-21-19(22)14-23-10-7-15(13-23)12-16-4-2-6-18-17(16)5-3-8-20-18;2-1-3/h2-6,8-9,11,15H,7,10,12-14H2,1H3;1H,(H,2,3). The summed E-state index contributed by atoms with van der Waals surface area (Å²) >= 11 is 0. The summed E-state index contributed by atoms with van der Waals surface area (Å²) in [5.74, 6) is 1.88. The van der Waals surface area contributed by atoms with E-state index in [-0.39, 0.29) is 6.47 Å². The van der Waals surface area contributed by atoms with Gasteiger partial charge in [-0.05, 0) is 43.0 Å². The van der Waals surface area contributed by atoms with Gasteiger partial charge in [-0.2, -0.15) is 0 Å². The molecule has 1 aromatic carbocycles. The molecule has 3 aromatic rings. The Morgan fingerprint density at radius 1 is 1.23 bits per heavy atom. The molecule has 136 valence electrons. The van der Waals surface area contributed by atoms with E-state index in [9.17, 15) is 0 Å². The average Bonchev–Trinajstić information content (AvgIpc) is 3.26. The van der Waals surface area contributed by atoms with Crippen molar-refractivity contribution in [3.05, 3.63) is 60.3 Å². The minimum Gasteiger partial charge on any atom is -0.483 e. The van der Waals surface area contributed by atoms with Crippen LogP contribution in [-0.2, 0) is 24.8 Å². The number of aryl methyl sites for hydroxylation is 1. The highest BCUT2D eigenvalue weighted by atomic mass is 16.3. The average molecular weight is 352 g/mol. The molecule has 6 nitrogen and oxygen atoms in total. The highest BCUT2D eigenvalue weighted by molar-refractivity contribution is 5.81. The molecule has 1 aliphatic heterocycles. The van der Waals surface area contributed by atoms with Crippen molar-refractivity contribution >= 4 is 17.4 Å². The van der Waals surface area contributed by atoms with Crippen LogP contribution in [0.4, 0.5) is 0 Å². The van der Waals surface area contributed by atoms with Crippen LogP contribution in [-0.4, -0.2) is 44.1 Å². The van der Waals surface area contributed by atoms with Crippen molar-refractivity contribution in [1.82, 2.24) is 19.4 Å². The van der Waals surface area contributed by atoms with E-state index in [0.29, 0.717) is 0 Å². The van der Waals surface area contributed by atoms with Gasteiger partial charge in [0, 0.05) is 37.6 Å². The molecule has 1 saturated heterocycles. The number of nitrogens with zero attached hydrogens (tertiary/aromatic N) is 4. The van der Waals surface area contributed by atoms with E-state index < -0.39 is 0 Å². The third kappa shape index (κ3) is 4.26. The molecular formula is C20H24N4O2. The van der Waals surface area contributed by atoms with E-state index in [1.807, 2.05) is 24.7 Å². The molecule has 0 spiro atoms. The lowest BCUT2D eigenvalue weighted by molar-refractivity contribution is -0.122. The molecule has 26 heavy (non-hydrogen) atoms. The summed E-state index contributed by atoms with van der Waals surface area (Å²) in [5.41, 5.74) is 2.53. The summed E-state index contributed by atoms with van der Waals surface area (Å²) in [4.78, 5) is 19.8. The minimum atomic E-state index is -0.250. The molecule has 1 N–H and O–H groups in total. The Balaban J connectivity index is 0.000000613. The molecule has 1 aliphatic rings.